The molecule has 1 aliphatic heterocycles. The van der Waals surface area contributed by atoms with E-state index in [1.54, 1.807) is 0 Å². The number of ether oxygens (including phenoxy) is 2. The molecule has 0 radical (unpaired) electrons. The fourth-order valence-electron chi connectivity index (χ4n) is 2.05. The van der Waals surface area contributed by atoms with Crippen molar-refractivity contribution in [3.05, 3.63) is 29.3 Å². The van der Waals surface area contributed by atoms with Crippen LogP contribution in [0.25, 0.3) is 0 Å². The van der Waals surface area contributed by atoms with Crippen molar-refractivity contribution in [3.63, 3.8) is 0 Å². The fourth-order valence-corrected chi connectivity index (χ4v) is 2.05. The summed E-state index contributed by atoms with van der Waals surface area (Å²) in [4.78, 5) is 0. The van der Waals surface area contributed by atoms with Gasteiger partial charge in [0.15, 0.2) is 0 Å². The van der Waals surface area contributed by atoms with E-state index in [4.69, 9.17) is 9.47 Å². The minimum atomic E-state index is 0.219. The summed E-state index contributed by atoms with van der Waals surface area (Å²) in [7, 11) is 0. The van der Waals surface area contributed by atoms with Crippen molar-refractivity contribution in [3.8, 4) is 5.75 Å². The SMILES string of the molecule is CCNCc1cccc(C)c1OC1CCOC1. The Morgan fingerprint density at radius 2 is 2.35 bits per heavy atom. The lowest BCUT2D eigenvalue weighted by Gasteiger charge is -2.18. The van der Waals surface area contributed by atoms with E-state index in [9.17, 15) is 0 Å². The second kappa shape index (κ2) is 6.03. The Morgan fingerprint density at radius 1 is 1.47 bits per heavy atom. The standard InChI is InChI=1S/C14H21NO2/c1-3-15-9-12-6-4-5-11(2)14(12)17-13-7-8-16-10-13/h4-6,13,15H,3,7-10H2,1-2H3. The van der Waals surface area contributed by atoms with Gasteiger partial charge in [-0.1, -0.05) is 25.1 Å². The molecule has 3 nitrogen and oxygen atoms in total. The van der Waals surface area contributed by atoms with Crippen LogP contribution in [0.5, 0.6) is 5.75 Å². The normalized spacial score (nSPS) is 19.5. The van der Waals surface area contributed by atoms with Crippen molar-refractivity contribution in [2.75, 3.05) is 19.8 Å². The summed E-state index contributed by atoms with van der Waals surface area (Å²) in [5.41, 5.74) is 2.44. The molecule has 0 aromatic heterocycles. The highest BCUT2D eigenvalue weighted by Crippen LogP contribution is 2.26. The minimum Gasteiger partial charge on any atom is -0.487 e. The van der Waals surface area contributed by atoms with Gasteiger partial charge < -0.3 is 14.8 Å². The van der Waals surface area contributed by atoms with Crippen LogP contribution in [0.2, 0.25) is 0 Å². The molecule has 94 valence electrons. The molecular formula is C14H21NO2. The van der Waals surface area contributed by atoms with Gasteiger partial charge in [0.05, 0.1) is 13.2 Å². The van der Waals surface area contributed by atoms with E-state index in [0.717, 1.165) is 38.5 Å². The van der Waals surface area contributed by atoms with Gasteiger partial charge in [-0.2, -0.15) is 0 Å². The van der Waals surface area contributed by atoms with Gasteiger partial charge in [0, 0.05) is 18.5 Å². The summed E-state index contributed by atoms with van der Waals surface area (Å²) in [6, 6.07) is 6.31. The molecule has 3 heteroatoms. The summed E-state index contributed by atoms with van der Waals surface area (Å²) >= 11 is 0. The highest BCUT2D eigenvalue weighted by Gasteiger charge is 2.19. The zero-order chi connectivity index (χ0) is 12.1. The van der Waals surface area contributed by atoms with Crippen LogP contribution in [0.15, 0.2) is 18.2 Å². The van der Waals surface area contributed by atoms with Crippen LogP contribution in [-0.2, 0) is 11.3 Å². The third kappa shape index (κ3) is 3.20. The molecule has 1 fully saturated rings. The Bertz CT molecular complexity index is 359. The number of aryl methyl sites for hydroxylation is 1. The van der Waals surface area contributed by atoms with Gasteiger partial charge in [0.25, 0.3) is 0 Å². The van der Waals surface area contributed by atoms with Gasteiger partial charge in [-0.3, -0.25) is 0 Å². The zero-order valence-electron chi connectivity index (χ0n) is 10.7. The average Bonchev–Trinajstić information content (AvgIpc) is 2.83. The molecule has 1 saturated heterocycles. The smallest absolute Gasteiger partial charge is 0.127 e. The number of rotatable bonds is 5. The molecule has 17 heavy (non-hydrogen) atoms. The molecule has 1 aromatic carbocycles. The van der Waals surface area contributed by atoms with Gasteiger partial charge in [0.1, 0.15) is 11.9 Å². The Kier molecular flexibility index (Phi) is 4.40. The van der Waals surface area contributed by atoms with E-state index in [-0.39, 0.29) is 6.10 Å². The second-order valence-corrected chi connectivity index (χ2v) is 4.45. The van der Waals surface area contributed by atoms with E-state index < -0.39 is 0 Å². The van der Waals surface area contributed by atoms with E-state index in [1.165, 1.54) is 11.1 Å². The molecule has 0 amide bonds. The topological polar surface area (TPSA) is 30.5 Å². The van der Waals surface area contributed by atoms with Crippen LogP contribution in [0.4, 0.5) is 0 Å². The summed E-state index contributed by atoms with van der Waals surface area (Å²) < 4.78 is 11.4. The van der Waals surface area contributed by atoms with Crippen molar-refractivity contribution in [1.82, 2.24) is 5.32 Å². The van der Waals surface area contributed by atoms with Crippen molar-refractivity contribution in [2.45, 2.75) is 32.9 Å². The van der Waals surface area contributed by atoms with E-state index in [1.807, 2.05) is 0 Å². The molecule has 1 aliphatic rings. The van der Waals surface area contributed by atoms with Crippen molar-refractivity contribution >= 4 is 0 Å². The largest absolute Gasteiger partial charge is 0.487 e. The molecule has 1 aromatic rings. The number of nitrogens with one attached hydrogen (secondary N) is 1. The number of hydrogen-bond donors (Lipinski definition) is 1. The monoisotopic (exact) mass is 235 g/mol. The lowest BCUT2D eigenvalue weighted by atomic mass is 10.1. The minimum absolute atomic E-state index is 0.219. The summed E-state index contributed by atoms with van der Waals surface area (Å²) in [5, 5.41) is 3.35. The first kappa shape index (κ1) is 12.4. The van der Waals surface area contributed by atoms with Crippen LogP contribution in [0.1, 0.15) is 24.5 Å². The first-order valence-electron chi connectivity index (χ1n) is 6.35. The molecule has 0 spiro atoms. The van der Waals surface area contributed by atoms with Gasteiger partial charge >= 0.3 is 0 Å². The molecule has 0 saturated carbocycles. The van der Waals surface area contributed by atoms with Gasteiger partial charge in [0.2, 0.25) is 0 Å². The molecule has 1 N–H and O–H groups in total. The maximum Gasteiger partial charge on any atom is 0.127 e. The molecule has 0 aliphatic carbocycles. The fraction of sp³-hybridized carbons (Fsp3) is 0.571. The molecule has 2 rings (SSSR count). The third-order valence-corrected chi connectivity index (χ3v) is 3.03. The average molecular weight is 235 g/mol. The Hall–Kier alpha value is -1.06. The maximum absolute atomic E-state index is 6.07. The maximum atomic E-state index is 6.07. The number of para-hydroxylation sites is 1. The van der Waals surface area contributed by atoms with E-state index in [0.29, 0.717) is 0 Å². The van der Waals surface area contributed by atoms with Gasteiger partial charge in [-0.15, -0.1) is 0 Å². The lowest BCUT2D eigenvalue weighted by molar-refractivity contribution is 0.140. The highest BCUT2D eigenvalue weighted by molar-refractivity contribution is 5.40. The molecular weight excluding hydrogens is 214 g/mol. The molecule has 0 bridgehead atoms. The molecule has 1 heterocycles. The van der Waals surface area contributed by atoms with Crippen LogP contribution in [0, 0.1) is 6.92 Å². The van der Waals surface area contributed by atoms with E-state index in [2.05, 4.69) is 37.4 Å². The van der Waals surface area contributed by atoms with Gasteiger partial charge in [-0.25, -0.2) is 0 Å². The summed E-state index contributed by atoms with van der Waals surface area (Å²) in [6.45, 7) is 7.58. The van der Waals surface area contributed by atoms with Gasteiger partial charge in [-0.05, 0) is 19.0 Å². The van der Waals surface area contributed by atoms with Crippen LogP contribution in [0.3, 0.4) is 0 Å². The highest BCUT2D eigenvalue weighted by atomic mass is 16.5. The van der Waals surface area contributed by atoms with Crippen LogP contribution >= 0.6 is 0 Å². The van der Waals surface area contributed by atoms with Crippen LogP contribution < -0.4 is 10.1 Å². The molecule has 1 unspecified atom stereocenters. The van der Waals surface area contributed by atoms with Crippen molar-refractivity contribution < 1.29 is 9.47 Å². The first-order chi connectivity index (χ1) is 8.31. The predicted octanol–water partition coefficient (Wildman–Crippen LogP) is 2.27. The quantitative estimate of drug-likeness (QED) is 0.849. The zero-order valence-corrected chi connectivity index (χ0v) is 10.7. The van der Waals surface area contributed by atoms with Crippen molar-refractivity contribution in [2.24, 2.45) is 0 Å². The molecule has 1 atom stereocenters. The van der Waals surface area contributed by atoms with Crippen LogP contribution in [-0.4, -0.2) is 25.9 Å². The predicted molar refractivity (Wildman–Crippen MR) is 68.4 cm³/mol. The Morgan fingerprint density at radius 3 is 3.06 bits per heavy atom. The van der Waals surface area contributed by atoms with Crippen molar-refractivity contribution in [1.29, 1.82) is 0 Å². The summed E-state index contributed by atoms with van der Waals surface area (Å²) in [5.74, 6) is 1.03. The third-order valence-electron chi connectivity index (χ3n) is 3.03. The number of benzene rings is 1. The Labute approximate surface area is 103 Å². The first-order valence-corrected chi connectivity index (χ1v) is 6.35. The lowest BCUT2D eigenvalue weighted by Crippen LogP contribution is -2.19. The van der Waals surface area contributed by atoms with E-state index >= 15 is 0 Å². The number of hydrogen-bond acceptors (Lipinski definition) is 3. The Balaban J connectivity index is 2.11. The summed E-state index contributed by atoms with van der Waals surface area (Å²) in [6.07, 6.45) is 1.21. The second-order valence-electron chi connectivity index (χ2n) is 4.45.